The molecule has 2 amide bonds. The van der Waals surface area contributed by atoms with Crippen LogP contribution in [0.15, 0.2) is 42.5 Å². The van der Waals surface area contributed by atoms with Gasteiger partial charge in [0.25, 0.3) is 0 Å². The molecule has 1 aliphatic rings. The third-order valence-corrected chi connectivity index (χ3v) is 4.53. The van der Waals surface area contributed by atoms with E-state index in [1.54, 1.807) is 17.0 Å². The number of halogens is 1. The second kappa shape index (κ2) is 7.05. The zero-order chi connectivity index (χ0) is 18.0. The van der Waals surface area contributed by atoms with Gasteiger partial charge in [-0.3, -0.25) is 9.59 Å². The summed E-state index contributed by atoms with van der Waals surface area (Å²) in [5.41, 5.74) is 3.00. The first-order chi connectivity index (χ1) is 12.0. The quantitative estimate of drug-likeness (QED) is 0.923. The first-order valence-corrected chi connectivity index (χ1v) is 8.44. The highest BCUT2D eigenvalue weighted by atomic mass is 19.1. The zero-order valence-electron chi connectivity index (χ0n) is 14.4. The van der Waals surface area contributed by atoms with Gasteiger partial charge in [-0.05, 0) is 48.7 Å². The van der Waals surface area contributed by atoms with Gasteiger partial charge in [-0.1, -0.05) is 25.1 Å². The lowest BCUT2D eigenvalue weighted by Gasteiger charge is -2.17. The van der Waals surface area contributed by atoms with E-state index in [2.05, 4.69) is 12.2 Å². The van der Waals surface area contributed by atoms with Crippen LogP contribution in [0.2, 0.25) is 0 Å². The molecule has 0 bridgehead atoms. The highest BCUT2D eigenvalue weighted by Gasteiger charge is 2.35. The number of rotatable bonds is 4. The van der Waals surface area contributed by atoms with Gasteiger partial charge < -0.3 is 10.2 Å². The Balaban J connectivity index is 1.70. The Hall–Kier alpha value is -2.69. The van der Waals surface area contributed by atoms with Crippen LogP contribution in [0.1, 0.15) is 24.5 Å². The van der Waals surface area contributed by atoms with E-state index in [-0.39, 0.29) is 23.9 Å². The summed E-state index contributed by atoms with van der Waals surface area (Å²) in [5, 5.41) is 2.61. The van der Waals surface area contributed by atoms with Crippen LogP contribution in [0.25, 0.3) is 0 Å². The third kappa shape index (κ3) is 3.71. The van der Waals surface area contributed by atoms with Crippen LogP contribution >= 0.6 is 0 Å². The number of anilines is 2. The summed E-state index contributed by atoms with van der Waals surface area (Å²) in [6, 6.07) is 12.3. The number of hydrogen-bond acceptors (Lipinski definition) is 2. The molecule has 1 heterocycles. The molecule has 1 atom stereocenters. The number of benzene rings is 2. The monoisotopic (exact) mass is 340 g/mol. The van der Waals surface area contributed by atoms with Crippen molar-refractivity contribution in [3.05, 3.63) is 59.4 Å². The molecule has 1 N–H and O–H groups in total. The van der Waals surface area contributed by atoms with Crippen LogP contribution in [0.3, 0.4) is 0 Å². The van der Waals surface area contributed by atoms with E-state index in [1.165, 1.54) is 11.6 Å². The van der Waals surface area contributed by atoms with E-state index in [0.29, 0.717) is 6.54 Å². The molecule has 1 fully saturated rings. The van der Waals surface area contributed by atoms with E-state index in [1.807, 2.05) is 31.2 Å². The molecular weight excluding hydrogens is 319 g/mol. The first kappa shape index (κ1) is 17.1. The molecule has 0 radical (unpaired) electrons. The van der Waals surface area contributed by atoms with E-state index >= 15 is 0 Å². The summed E-state index contributed by atoms with van der Waals surface area (Å²) < 4.78 is 13.8. The lowest BCUT2D eigenvalue weighted by molar-refractivity contribution is -0.122. The minimum absolute atomic E-state index is 0.0888. The summed E-state index contributed by atoms with van der Waals surface area (Å²) in [6.07, 6.45) is 1.07. The molecule has 25 heavy (non-hydrogen) atoms. The molecule has 1 aliphatic heterocycles. The average molecular weight is 340 g/mol. The molecule has 2 aromatic rings. The van der Waals surface area contributed by atoms with Gasteiger partial charge >= 0.3 is 0 Å². The van der Waals surface area contributed by atoms with Crippen molar-refractivity contribution in [2.45, 2.75) is 26.7 Å². The number of nitrogens with one attached hydrogen (secondary N) is 1. The SMILES string of the molecule is CCc1ccc(N2C[C@H](C(=O)Nc3cc(C)ccc3F)CC2=O)cc1. The van der Waals surface area contributed by atoms with Crippen molar-refractivity contribution in [3.8, 4) is 0 Å². The molecular formula is C20H21FN2O2. The van der Waals surface area contributed by atoms with Crippen molar-refractivity contribution < 1.29 is 14.0 Å². The smallest absolute Gasteiger partial charge is 0.229 e. The number of carbonyl (C=O) groups is 2. The highest BCUT2D eigenvalue weighted by molar-refractivity contribution is 6.03. The fourth-order valence-corrected chi connectivity index (χ4v) is 3.01. The lowest BCUT2D eigenvalue weighted by Crippen LogP contribution is -2.28. The Morgan fingerprint density at radius 3 is 2.64 bits per heavy atom. The molecule has 0 aromatic heterocycles. The first-order valence-electron chi connectivity index (χ1n) is 8.44. The highest BCUT2D eigenvalue weighted by Crippen LogP contribution is 2.27. The predicted octanol–water partition coefficient (Wildman–Crippen LogP) is 3.69. The average Bonchev–Trinajstić information content (AvgIpc) is 3.00. The Labute approximate surface area is 146 Å². The van der Waals surface area contributed by atoms with Crippen LogP contribution in [-0.4, -0.2) is 18.4 Å². The van der Waals surface area contributed by atoms with E-state index < -0.39 is 11.7 Å². The van der Waals surface area contributed by atoms with Gasteiger partial charge in [0.05, 0.1) is 11.6 Å². The van der Waals surface area contributed by atoms with Crippen molar-refractivity contribution in [2.24, 2.45) is 5.92 Å². The van der Waals surface area contributed by atoms with Crippen LogP contribution in [0.4, 0.5) is 15.8 Å². The van der Waals surface area contributed by atoms with Crippen molar-refractivity contribution in [2.75, 3.05) is 16.8 Å². The van der Waals surface area contributed by atoms with Gasteiger partial charge in [0.15, 0.2) is 0 Å². The van der Waals surface area contributed by atoms with Gasteiger partial charge in [0, 0.05) is 18.7 Å². The molecule has 0 spiro atoms. The van der Waals surface area contributed by atoms with Gasteiger partial charge in [0.2, 0.25) is 11.8 Å². The van der Waals surface area contributed by atoms with Crippen molar-refractivity contribution in [1.29, 1.82) is 0 Å². The van der Waals surface area contributed by atoms with Crippen LogP contribution in [0.5, 0.6) is 0 Å². The Morgan fingerprint density at radius 1 is 1.24 bits per heavy atom. The minimum Gasteiger partial charge on any atom is -0.323 e. The maximum Gasteiger partial charge on any atom is 0.229 e. The second-order valence-electron chi connectivity index (χ2n) is 6.40. The van der Waals surface area contributed by atoms with E-state index in [0.717, 1.165) is 17.7 Å². The molecule has 0 aliphatic carbocycles. The summed E-state index contributed by atoms with van der Waals surface area (Å²) in [7, 11) is 0. The van der Waals surface area contributed by atoms with Crippen molar-refractivity contribution >= 4 is 23.2 Å². The van der Waals surface area contributed by atoms with Gasteiger partial charge in [-0.15, -0.1) is 0 Å². The number of amides is 2. The van der Waals surface area contributed by atoms with Crippen LogP contribution in [0, 0.1) is 18.7 Å². The standard InChI is InChI=1S/C20H21FN2O2/c1-3-14-5-7-16(8-6-14)23-12-15(11-19(23)24)20(25)22-18-10-13(2)4-9-17(18)21/h4-10,15H,3,11-12H2,1-2H3,(H,22,25)/t15-/m1/s1. The molecule has 130 valence electrons. The second-order valence-corrected chi connectivity index (χ2v) is 6.40. The molecule has 0 unspecified atom stereocenters. The molecule has 1 saturated heterocycles. The molecule has 4 nitrogen and oxygen atoms in total. The molecule has 5 heteroatoms. The van der Waals surface area contributed by atoms with Crippen LogP contribution in [-0.2, 0) is 16.0 Å². The van der Waals surface area contributed by atoms with Crippen molar-refractivity contribution in [1.82, 2.24) is 0 Å². The Morgan fingerprint density at radius 2 is 1.96 bits per heavy atom. The lowest BCUT2D eigenvalue weighted by atomic mass is 10.1. The number of aryl methyl sites for hydroxylation is 2. The summed E-state index contributed by atoms with van der Waals surface area (Å²) >= 11 is 0. The van der Waals surface area contributed by atoms with Gasteiger partial charge in [-0.25, -0.2) is 4.39 Å². The largest absolute Gasteiger partial charge is 0.323 e. The normalized spacial score (nSPS) is 17.0. The zero-order valence-corrected chi connectivity index (χ0v) is 14.4. The van der Waals surface area contributed by atoms with E-state index in [4.69, 9.17) is 0 Å². The minimum atomic E-state index is -0.488. The number of hydrogen-bond donors (Lipinski definition) is 1. The summed E-state index contributed by atoms with van der Waals surface area (Å²) in [6.45, 7) is 4.21. The maximum atomic E-state index is 13.8. The number of nitrogens with zero attached hydrogens (tertiary/aromatic N) is 1. The fraction of sp³-hybridized carbons (Fsp3) is 0.300. The molecule has 2 aromatic carbocycles. The topological polar surface area (TPSA) is 49.4 Å². The predicted molar refractivity (Wildman–Crippen MR) is 96.0 cm³/mol. The van der Waals surface area contributed by atoms with Crippen molar-refractivity contribution in [3.63, 3.8) is 0 Å². The number of carbonyl (C=O) groups excluding carboxylic acids is 2. The summed E-state index contributed by atoms with van der Waals surface area (Å²) in [4.78, 5) is 26.4. The molecule has 3 rings (SSSR count). The van der Waals surface area contributed by atoms with Gasteiger partial charge in [0.1, 0.15) is 5.82 Å². The molecule has 0 saturated carbocycles. The third-order valence-electron chi connectivity index (χ3n) is 4.53. The van der Waals surface area contributed by atoms with Crippen LogP contribution < -0.4 is 10.2 Å². The maximum absolute atomic E-state index is 13.8. The fourth-order valence-electron chi connectivity index (χ4n) is 3.01. The van der Waals surface area contributed by atoms with Gasteiger partial charge in [-0.2, -0.15) is 0 Å². The van der Waals surface area contributed by atoms with E-state index in [9.17, 15) is 14.0 Å². The Kier molecular flexibility index (Phi) is 4.83. The Bertz CT molecular complexity index is 802. The summed E-state index contributed by atoms with van der Waals surface area (Å²) in [5.74, 6) is -1.38.